The molecule has 0 bridgehead atoms. The lowest BCUT2D eigenvalue weighted by molar-refractivity contribution is -0.125. The number of rotatable bonds is 5. The molecule has 4 N–H and O–H groups in total. The van der Waals surface area contributed by atoms with E-state index in [-0.39, 0.29) is 30.2 Å². The maximum Gasteiger partial charge on any atom is 0.253 e. The Morgan fingerprint density at radius 2 is 2.22 bits per heavy atom. The van der Waals surface area contributed by atoms with E-state index in [1.807, 2.05) is 0 Å². The van der Waals surface area contributed by atoms with E-state index in [2.05, 4.69) is 25.6 Å². The van der Waals surface area contributed by atoms with E-state index in [1.54, 1.807) is 18.3 Å². The Morgan fingerprint density at radius 3 is 2.97 bits per heavy atom. The zero-order valence-electron chi connectivity index (χ0n) is 17.2. The normalized spacial score (nSPS) is 22.5. The highest BCUT2D eigenvalue weighted by Crippen LogP contribution is 2.29. The van der Waals surface area contributed by atoms with Crippen molar-refractivity contribution in [1.82, 2.24) is 25.0 Å². The van der Waals surface area contributed by atoms with Crippen molar-refractivity contribution in [3.05, 3.63) is 30.2 Å². The van der Waals surface area contributed by atoms with Gasteiger partial charge in [0.2, 0.25) is 5.95 Å². The van der Waals surface area contributed by atoms with Gasteiger partial charge in [0.1, 0.15) is 18.7 Å². The summed E-state index contributed by atoms with van der Waals surface area (Å²) >= 11 is 0. The second-order valence-electron chi connectivity index (χ2n) is 8.04. The highest BCUT2D eigenvalue weighted by Gasteiger charge is 2.29. The number of aliphatic hydroxyl groups is 1. The van der Waals surface area contributed by atoms with Gasteiger partial charge in [-0.05, 0) is 31.4 Å². The zero-order valence-corrected chi connectivity index (χ0v) is 17.2. The molecule has 12 heteroatoms. The summed E-state index contributed by atoms with van der Waals surface area (Å²) in [6.45, 7) is 0.597. The Balaban J connectivity index is 1.40. The molecule has 0 radical (unpaired) electrons. The number of aliphatic hydroxyl groups excluding tert-OH is 1. The number of aromatic nitrogens is 5. The molecule has 5 rings (SSSR count). The van der Waals surface area contributed by atoms with E-state index in [9.17, 15) is 14.3 Å². The van der Waals surface area contributed by atoms with E-state index in [0.29, 0.717) is 36.0 Å². The number of carbonyl (C=O) groups is 1. The number of fused-ring (bicyclic) bond motifs is 1. The molecule has 3 aromatic rings. The average molecular weight is 442 g/mol. The Hall–Kier alpha value is -3.22. The van der Waals surface area contributed by atoms with E-state index in [4.69, 9.17) is 10.5 Å². The molecule has 32 heavy (non-hydrogen) atoms. The average Bonchev–Trinajstić information content (AvgIpc) is 3.41. The van der Waals surface area contributed by atoms with Gasteiger partial charge in [-0.3, -0.25) is 4.79 Å². The van der Waals surface area contributed by atoms with Crippen LogP contribution < -0.4 is 16.0 Å². The van der Waals surface area contributed by atoms with Gasteiger partial charge in [-0.25, -0.2) is 9.37 Å². The minimum atomic E-state index is -0.832. The molecule has 1 saturated carbocycles. The minimum Gasteiger partial charge on any atom is -0.379 e. The standard InChI is InChI=1S/C20H23FN8O3/c21-14-8-13(3-4-16(14)28-5-6-32-10-17(28)30)29-19-15(26-27-29)9-23-20(25-19)24-12-2-1-11(7-12)18(22)31/h3-4,8-9,11-12,18,31H,1-2,5-7,10,22H2,(H,23,24,25). The minimum absolute atomic E-state index is 0.0447. The summed E-state index contributed by atoms with van der Waals surface area (Å²) in [5, 5.41) is 21.0. The van der Waals surface area contributed by atoms with E-state index < -0.39 is 12.0 Å². The number of nitrogens with one attached hydrogen (secondary N) is 1. The molecular formula is C20H23FN8O3. The Kier molecular flexibility index (Phi) is 5.41. The number of nitrogens with zero attached hydrogens (tertiary/aromatic N) is 6. The number of benzene rings is 1. The summed E-state index contributed by atoms with van der Waals surface area (Å²) < 4.78 is 21.4. The van der Waals surface area contributed by atoms with Crippen molar-refractivity contribution in [1.29, 1.82) is 0 Å². The van der Waals surface area contributed by atoms with E-state index >= 15 is 0 Å². The van der Waals surface area contributed by atoms with Crippen LogP contribution in [0.25, 0.3) is 16.9 Å². The van der Waals surface area contributed by atoms with Gasteiger partial charge in [-0.1, -0.05) is 5.21 Å². The first-order valence-corrected chi connectivity index (χ1v) is 10.5. The second kappa shape index (κ2) is 8.37. The first-order chi connectivity index (χ1) is 15.5. The quantitative estimate of drug-likeness (QED) is 0.483. The number of hydrogen-bond donors (Lipinski definition) is 3. The topological polar surface area (TPSA) is 144 Å². The molecule has 1 aliphatic heterocycles. The van der Waals surface area contributed by atoms with Crippen LogP contribution in [0, 0.1) is 11.7 Å². The number of ether oxygens (including phenoxy) is 1. The molecule has 2 fully saturated rings. The summed E-state index contributed by atoms with van der Waals surface area (Å²) in [6, 6.07) is 4.60. The molecule has 2 aromatic heterocycles. The van der Waals surface area contributed by atoms with Crippen LogP contribution >= 0.6 is 0 Å². The second-order valence-corrected chi connectivity index (χ2v) is 8.04. The van der Waals surface area contributed by atoms with Gasteiger partial charge in [-0.2, -0.15) is 9.67 Å². The van der Waals surface area contributed by atoms with Crippen LogP contribution in [-0.4, -0.2) is 68.0 Å². The molecule has 3 unspecified atom stereocenters. The number of carbonyl (C=O) groups excluding carboxylic acids is 1. The van der Waals surface area contributed by atoms with Gasteiger partial charge >= 0.3 is 0 Å². The zero-order chi connectivity index (χ0) is 22.2. The molecule has 11 nitrogen and oxygen atoms in total. The number of anilines is 2. The summed E-state index contributed by atoms with van der Waals surface area (Å²) in [4.78, 5) is 22.2. The van der Waals surface area contributed by atoms with Gasteiger partial charge in [-0.15, -0.1) is 5.10 Å². The lowest BCUT2D eigenvalue weighted by Gasteiger charge is -2.27. The molecular weight excluding hydrogens is 419 g/mol. The molecule has 168 valence electrons. The van der Waals surface area contributed by atoms with Crippen molar-refractivity contribution >= 4 is 28.7 Å². The Morgan fingerprint density at radius 1 is 1.34 bits per heavy atom. The van der Waals surface area contributed by atoms with Gasteiger partial charge < -0.3 is 25.8 Å². The van der Waals surface area contributed by atoms with Crippen molar-refractivity contribution in [2.24, 2.45) is 11.7 Å². The van der Waals surface area contributed by atoms with Gasteiger partial charge in [0.25, 0.3) is 5.91 Å². The number of amides is 1. The van der Waals surface area contributed by atoms with Crippen molar-refractivity contribution in [3.8, 4) is 5.69 Å². The molecule has 1 aromatic carbocycles. The van der Waals surface area contributed by atoms with E-state index in [0.717, 1.165) is 19.3 Å². The molecule has 1 amide bonds. The van der Waals surface area contributed by atoms with Crippen molar-refractivity contribution in [2.45, 2.75) is 31.5 Å². The summed E-state index contributed by atoms with van der Waals surface area (Å²) in [6.07, 6.45) is 3.12. The largest absolute Gasteiger partial charge is 0.379 e. The van der Waals surface area contributed by atoms with Crippen LogP contribution in [0.4, 0.5) is 16.0 Å². The summed E-state index contributed by atoms with van der Waals surface area (Å²) in [7, 11) is 0. The fourth-order valence-electron chi connectivity index (χ4n) is 4.23. The van der Waals surface area contributed by atoms with Gasteiger partial charge in [0, 0.05) is 24.6 Å². The third kappa shape index (κ3) is 3.87. The number of morpholine rings is 1. The predicted molar refractivity (Wildman–Crippen MR) is 113 cm³/mol. The van der Waals surface area contributed by atoms with E-state index in [1.165, 1.54) is 15.6 Å². The van der Waals surface area contributed by atoms with Crippen LogP contribution in [-0.2, 0) is 9.53 Å². The van der Waals surface area contributed by atoms with Crippen molar-refractivity contribution in [3.63, 3.8) is 0 Å². The van der Waals surface area contributed by atoms with Gasteiger partial charge in [0.15, 0.2) is 11.2 Å². The van der Waals surface area contributed by atoms with Crippen molar-refractivity contribution in [2.75, 3.05) is 30.0 Å². The van der Waals surface area contributed by atoms with Crippen LogP contribution in [0.5, 0.6) is 0 Å². The third-order valence-corrected chi connectivity index (χ3v) is 5.93. The lowest BCUT2D eigenvalue weighted by atomic mass is 10.1. The van der Waals surface area contributed by atoms with Crippen LogP contribution in [0.1, 0.15) is 19.3 Å². The molecule has 3 atom stereocenters. The van der Waals surface area contributed by atoms with Crippen molar-refractivity contribution < 1.29 is 19.0 Å². The molecule has 3 heterocycles. The van der Waals surface area contributed by atoms with Crippen LogP contribution in [0.3, 0.4) is 0 Å². The third-order valence-electron chi connectivity index (χ3n) is 5.93. The lowest BCUT2D eigenvalue weighted by Crippen LogP contribution is -2.42. The first-order valence-electron chi connectivity index (χ1n) is 10.5. The number of hydrogen-bond acceptors (Lipinski definition) is 9. The SMILES string of the molecule is NC(O)C1CCC(Nc2ncc3nnn(-c4ccc(N5CCOCC5=O)c(F)c4)c3n2)C1. The predicted octanol–water partition coefficient (Wildman–Crippen LogP) is 0.570. The smallest absolute Gasteiger partial charge is 0.253 e. The summed E-state index contributed by atoms with van der Waals surface area (Å²) in [5.74, 6) is -0.391. The Bertz CT molecular complexity index is 1150. The van der Waals surface area contributed by atoms with Crippen LogP contribution in [0.15, 0.2) is 24.4 Å². The molecule has 0 spiro atoms. The maximum atomic E-state index is 14.9. The van der Waals surface area contributed by atoms with Crippen LogP contribution in [0.2, 0.25) is 0 Å². The fourth-order valence-corrected chi connectivity index (χ4v) is 4.23. The fraction of sp³-hybridized carbons (Fsp3) is 0.450. The highest BCUT2D eigenvalue weighted by atomic mass is 19.1. The number of nitrogens with two attached hydrogens (primary N) is 1. The maximum absolute atomic E-state index is 14.9. The monoisotopic (exact) mass is 442 g/mol. The first kappa shape index (κ1) is 20.7. The Labute approximate surface area is 182 Å². The van der Waals surface area contributed by atoms with Gasteiger partial charge in [0.05, 0.1) is 24.2 Å². The molecule has 1 aliphatic carbocycles. The number of halogens is 1. The highest BCUT2D eigenvalue weighted by molar-refractivity contribution is 5.95. The summed E-state index contributed by atoms with van der Waals surface area (Å²) in [5.41, 5.74) is 7.10. The molecule has 2 aliphatic rings. The molecule has 1 saturated heterocycles.